The number of nitrogens with zero attached hydrogens (tertiary/aromatic N) is 1. The molecule has 0 aromatic heterocycles. The molecule has 0 amide bonds. The summed E-state index contributed by atoms with van der Waals surface area (Å²) in [7, 11) is 0. The fourth-order valence-corrected chi connectivity index (χ4v) is 2.23. The van der Waals surface area contributed by atoms with E-state index in [0.717, 1.165) is 13.2 Å². The van der Waals surface area contributed by atoms with Crippen molar-refractivity contribution in [1.29, 1.82) is 0 Å². The van der Waals surface area contributed by atoms with E-state index in [0.29, 0.717) is 12.1 Å². The van der Waals surface area contributed by atoms with Crippen molar-refractivity contribution in [3.8, 4) is 0 Å². The monoisotopic (exact) mass is 234 g/mol. The lowest BCUT2D eigenvalue weighted by Gasteiger charge is -2.38. The van der Waals surface area contributed by atoms with Crippen LogP contribution in [0.15, 0.2) is 24.3 Å². The third-order valence-corrected chi connectivity index (χ3v) is 3.36. The van der Waals surface area contributed by atoms with Crippen LogP contribution in [0.1, 0.15) is 32.4 Å². The predicted octanol–water partition coefficient (Wildman–Crippen LogP) is 2.32. The molecule has 1 aromatic carbocycles. The summed E-state index contributed by atoms with van der Waals surface area (Å²) in [5.74, 6) is 0. The zero-order valence-corrected chi connectivity index (χ0v) is 10.9. The molecule has 17 heavy (non-hydrogen) atoms. The van der Waals surface area contributed by atoms with Crippen molar-refractivity contribution in [1.82, 2.24) is 0 Å². The number of ether oxygens (including phenoxy) is 1. The number of nitrogens with two attached hydrogens (primary N) is 1. The Morgan fingerprint density at radius 1 is 1.29 bits per heavy atom. The van der Waals surface area contributed by atoms with Gasteiger partial charge in [0.1, 0.15) is 0 Å². The van der Waals surface area contributed by atoms with E-state index >= 15 is 0 Å². The third kappa shape index (κ3) is 2.79. The maximum absolute atomic E-state index is 5.86. The number of hydrogen-bond donors (Lipinski definition) is 1. The molecule has 0 spiro atoms. The number of rotatable bonds is 2. The minimum absolute atomic E-state index is 0.102. The van der Waals surface area contributed by atoms with E-state index in [1.807, 2.05) is 6.92 Å². The fraction of sp³-hybridized carbons (Fsp3) is 0.571. The first-order valence-corrected chi connectivity index (χ1v) is 6.31. The standard InChI is InChI=1S/C14H22N2O/c1-10-9-17-11(2)8-16(10)14-6-4-13(5-7-14)12(3)15/h4-7,10-12H,8-9,15H2,1-3H3. The molecule has 2 rings (SSSR count). The van der Waals surface area contributed by atoms with Crippen LogP contribution in [0.4, 0.5) is 5.69 Å². The van der Waals surface area contributed by atoms with Gasteiger partial charge in [0.15, 0.2) is 0 Å². The molecule has 3 heteroatoms. The molecule has 1 fully saturated rings. The van der Waals surface area contributed by atoms with E-state index in [-0.39, 0.29) is 6.04 Å². The SMILES string of the molecule is CC1CN(c2ccc(C(C)N)cc2)C(C)CO1. The lowest BCUT2D eigenvalue weighted by atomic mass is 10.1. The third-order valence-electron chi connectivity index (χ3n) is 3.36. The summed E-state index contributed by atoms with van der Waals surface area (Å²) in [6.07, 6.45) is 0.305. The second-order valence-corrected chi connectivity index (χ2v) is 5.03. The summed E-state index contributed by atoms with van der Waals surface area (Å²) in [5.41, 5.74) is 8.30. The van der Waals surface area contributed by atoms with Gasteiger partial charge in [-0.25, -0.2) is 0 Å². The van der Waals surface area contributed by atoms with Gasteiger partial charge >= 0.3 is 0 Å². The molecule has 94 valence electrons. The van der Waals surface area contributed by atoms with E-state index < -0.39 is 0 Å². The van der Waals surface area contributed by atoms with Crippen LogP contribution in [0.2, 0.25) is 0 Å². The number of benzene rings is 1. The summed E-state index contributed by atoms with van der Waals surface area (Å²) in [4.78, 5) is 2.40. The summed E-state index contributed by atoms with van der Waals surface area (Å²) >= 11 is 0. The Morgan fingerprint density at radius 2 is 1.94 bits per heavy atom. The quantitative estimate of drug-likeness (QED) is 0.853. The summed E-state index contributed by atoms with van der Waals surface area (Å²) < 4.78 is 5.64. The topological polar surface area (TPSA) is 38.5 Å². The maximum atomic E-state index is 5.86. The van der Waals surface area contributed by atoms with Gasteiger partial charge in [0.2, 0.25) is 0 Å². The second kappa shape index (κ2) is 5.07. The van der Waals surface area contributed by atoms with E-state index in [2.05, 4.69) is 43.0 Å². The fourth-order valence-electron chi connectivity index (χ4n) is 2.23. The van der Waals surface area contributed by atoms with Crippen molar-refractivity contribution >= 4 is 5.69 Å². The molecule has 1 aromatic rings. The van der Waals surface area contributed by atoms with Crippen molar-refractivity contribution in [2.45, 2.75) is 39.0 Å². The molecule has 3 atom stereocenters. The van der Waals surface area contributed by atoms with Gasteiger partial charge in [-0.3, -0.25) is 0 Å². The summed E-state index contributed by atoms with van der Waals surface area (Å²) in [6, 6.07) is 9.10. The minimum atomic E-state index is 0.102. The summed E-state index contributed by atoms with van der Waals surface area (Å²) in [6.45, 7) is 8.09. The molecule has 3 nitrogen and oxygen atoms in total. The predicted molar refractivity (Wildman–Crippen MR) is 71.3 cm³/mol. The normalized spacial score (nSPS) is 26.9. The first kappa shape index (κ1) is 12.4. The highest BCUT2D eigenvalue weighted by Crippen LogP contribution is 2.23. The first-order valence-electron chi connectivity index (χ1n) is 6.31. The molecule has 2 N–H and O–H groups in total. The van der Waals surface area contributed by atoms with Crippen molar-refractivity contribution in [2.24, 2.45) is 5.73 Å². The van der Waals surface area contributed by atoms with E-state index in [4.69, 9.17) is 10.5 Å². The molecule has 1 aliphatic rings. The average molecular weight is 234 g/mol. The van der Waals surface area contributed by atoms with E-state index in [9.17, 15) is 0 Å². The van der Waals surface area contributed by atoms with Gasteiger partial charge in [0.25, 0.3) is 0 Å². The Kier molecular flexibility index (Phi) is 3.69. The Morgan fingerprint density at radius 3 is 2.53 bits per heavy atom. The first-order chi connectivity index (χ1) is 8.08. The average Bonchev–Trinajstić information content (AvgIpc) is 2.32. The summed E-state index contributed by atoms with van der Waals surface area (Å²) in [5, 5.41) is 0. The van der Waals surface area contributed by atoms with Crippen molar-refractivity contribution in [3.05, 3.63) is 29.8 Å². The Hall–Kier alpha value is -1.06. The zero-order valence-electron chi connectivity index (χ0n) is 10.9. The number of hydrogen-bond acceptors (Lipinski definition) is 3. The smallest absolute Gasteiger partial charge is 0.0723 e. The molecule has 1 aliphatic heterocycles. The van der Waals surface area contributed by atoms with E-state index in [1.54, 1.807) is 0 Å². The van der Waals surface area contributed by atoms with E-state index in [1.165, 1.54) is 11.3 Å². The van der Waals surface area contributed by atoms with Gasteiger partial charge in [0.05, 0.1) is 12.7 Å². The van der Waals surface area contributed by atoms with Crippen LogP contribution in [0, 0.1) is 0 Å². The number of morpholine rings is 1. The van der Waals surface area contributed by atoms with Crippen molar-refractivity contribution < 1.29 is 4.74 Å². The van der Waals surface area contributed by atoms with Gasteiger partial charge in [0, 0.05) is 24.3 Å². The molecule has 0 radical (unpaired) electrons. The maximum Gasteiger partial charge on any atom is 0.0723 e. The lowest BCUT2D eigenvalue weighted by Crippen LogP contribution is -2.47. The zero-order chi connectivity index (χ0) is 12.4. The molecular weight excluding hydrogens is 212 g/mol. The van der Waals surface area contributed by atoms with Crippen molar-refractivity contribution in [3.63, 3.8) is 0 Å². The highest BCUT2D eigenvalue weighted by Gasteiger charge is 2.23. The largest absolute Gasteiger partial charge is 0.375 e. The van der Waals surface area contributed by atoms with Crippen molar-refractivity contribution in [2.75, 3.05) is 18.1 Å². The Bertz CT molecular complexity index is 361. The van der Waals surface area contributed by atoms with Crippen LogP contribution in [0.3, 0.4) is 0 Å². The highest BCUT2D eigenvalue weighted by atomic mass is 16.5. The van der Waals surface area contributed by atoms with Gasteiger partial charge in [-0.2, -0.15) is 0 Å². The second-order valence-electron chi connectivity index (χ2n) is 5.03. The van der Waals surface area contributed by atoms with Crippen LogP contribution < -0.4 is 10.6 Å². The van der Waals surface area contributed by atoms with Crippen LogP contribution in [0.5, 0.6) is 0 Å². The van der Waals surface area contributed by atoms with Crippen LogP contribution in [0.25, 0.3) is 0 Å². The van der Waals surface area contributed by atoms with Crippen LogP contribution in [-0.2, 0) is 4.74 Å². The Balaban J connectivity index is 2.15. The molecule has 1 saturated heterocycles. The lowest BCUT2D eigenvalue weighted by molar-refractivity contribution is 0.0344. The molecule has 0 saturated carbocycles. The van der Waals surface area contributed by atoms with Crippen LogP contribution in [-0.4, -0.2) is 25.3 Å². The van der Waals surface area contributed by atoms with Gasteiger partial charge in [-0.1, -0.05) is 12.1 Å². The van der Waals surface area contributed by atoms with Gasteiger partial charge < -0.3 is 15.4 Å². The number of anilines is 1. The van der Waals surface area contributed by atoms with Crippen LogP contribution >= 0.6 is 0 Å². The molecule has 1 heterocycles. The van der Waals surface area contributed by atoms with Gasteiger partial charge in [-0.05, 0) is 38.5 Å². The molecule has 0 bridgehead atoms. The van der Waals surface area contributed by atoms with Gasteiger partial charge in [-0.15, -0.1) is 0 Å². The molecule has 0 aliphatic carbocycles. The highest BCUT2D eigenvalue weighted by molar-refractivity contribution is 5.49. The molecule has 3 unspecified atom stereocenters. The molecular formula is C14H22N2O. The Labute approximate surface area is 104 Å². The minimum Gasteiger partial charge on any atom is -0.375 e.